The van der Waals surface area contributed by atoms with Crippen LogP contribution in [-0.2, 0) is 4.79 Å². The number of ether oxygens (including phenoxy) is 1. The lowest BCUT2D eigenvalue weighted by atomic mass is 9.85. The summed E-state index contributed by atoms with van der Waals surface area (Å²) in [4.78, 5) is 25.5. The standard InChI is InChI=1S/C15H20N2O3/c1-17(2)15(19)12-9-11(7-8-13(12)20-3)16-14(18)10-5-4-6-10/h7-10H,4-6H2,1-3H3,(H,16,18). The van der Waals surface area contributed by atoms with Gasteiger partial charge in [0.15, 0.2) is 0 Å². The highest BCUT2D eigenvalue weighted by Crippen LogP contribution is 2.29. The van der Waals surface area contributed by atoms with E-state index in [0.29, 0.717) is 17.0 Å². The number of nitrogens with one attached hydrogen (secondary N) is 1. The van der Waals surface area contributed by atoms with Crippen LogP contribution in [0.5, 0.6) is 5.75 Å². The number of rotatable bonds is 4. The molecule has 2 rings (SSSR count). The van der Waals surface area contributed by atoms with Crippen molar-refractivity contribution in [3.05, 3.63) is 23.8 Å². The summed E-state index contributed by atoms with van der Waals surface area (Å²) < 4.78 is 5.20. The van der Waals surface area contributed by atoms with Gasteiger partial charge in [-0.15, -0.1) is 0 Å². The van der Waals surface area contributed by atoms with E-state index in [0.717, 1.165) is 19.3 Å². The van der Waals surface area contributed by atoms with E-state index in [2.05, 4.69) is 5.32 Å². The minimum absolute atomic E-state index is 0.0321. The van der Waals surface area contributed by atoms with Crippen LogP contribution >= 0.6 is 0 Å². The Bertz CT molecular complexity index is 522. The highest BCUT2D eigenvalue weighted by molar-refractivity contribution is 5.99. The Balaban J connectivity index is 2.20. The summed E-state index contributed by atoms with van der Waals surface area (Å²) >= 11 is 0. The number of hydrogen-bond acceptors (Lipinski definition) is 3. The molecule has 0 bridgehead atoms. The van der Waals surface area contributed by atoms with E-state index in [1.54, 1.807) is 32.3 Å². The molecule has 2 amide bonds. The topological polar surface area (TPSA) is 58.6 Å². The molecule has 0 aromatic heterocycles. The summed E-state index contributed by atoms with van der Waals surface area (Å²) in [6.45, 7) is 0. The first-order valence-corrected chi connectivity index (χ1v) is 6.73. The molecule has 0 heterocycles. The van der Waals surface area contributed by atoms with Gasteiger partial charge in [-0.05, 0) is 31.0 Å². The zero-order valence-corrected chi connectivity index (χ0v) is 12.1. The van der Waals surface area contributed by atoms with Crippen LogP contribution in [0.25, 0.3) is 0 Å². The maximum absolute atomic E-state index is 12.1. The minimum Gasteiger partial charge on any atom is -0.496 e. The third-order valence-corrected chi connectivity index (χ3v) is 3.58. The molecule has 1 fully saturated rings. The molecule has 5 heteroatoms. The molecule has 0 unspecified atom stereocenters. The maximum atomic E-state index is 12.1. The predicted octanol–water partition coefficient (Wildman–Crippen LogP) is 2.14. The molecular weight excluding hydrogens is 256 g/mol. The lowest BCUT2D eigenvalue weighted by Crippen LogP contribution is -2.28. The molecule has 1 saturated carbocycles. The summed E-state index contributed by atoms with van der Waals surface area (Å²) in [5.41, 5.74) is 1.08. The summed E-state index contributed by atoms with van der Waals surface area (Å²) in [7, 11) is 4.89. The van der Waals surface area contributed by atoms with Gasteiger partial charge < -0.3 is 15.0 Å². The van der Waals surface area contributed by atoms with Crippen molar-refractivity contribution >= 4 is 17.5 Å². The van der Waals surface area contributed by atoms with Crippen LogP contribution in [0.2, 0.25) is 0 Å². The van der Waals surface area contributed by atoms with Crippen molar-refractivity contribution in [2.45, 2.75) is 19.3 Å². The van der Waals surface area contributed by atoms with E-state index in [9.17, 15) is 9.59 Å². The Morgan fingerprint density at radius 1 is 1.30 bits per heavy atom. The number of methoxy groups -OCH3 is 1. The number of carbonyl (C=O) groups excluding carboxylic acids is 2. The van der Waals surface area contributed by atoms with E-state index < -0.39 is 0 Å². The SMILES string of the molecule is COc1ccc(NC(=O)C2CCC2)cc1C(=O)N(C)C. The summed E-state index contributed by atoms with van der Waals surface area (Å²) in [6.07, 6.45) is 3.02. The number of anilines is 1. The third kappa shape index (κ3) is 2.92. The van der Waals surface area contributed by atoms with Gasteiger partial charge in [0.1, 0.15) is 5.75 Å². The molecule has 0 radical (unpaired) electrons. The van der Waals surface area contributed by atoms with Gasteiger partial charge in [0, 0.05) is 25.7 Å². The minimum atomic E-state index is -0.151. The normalized spacial score (nSPS) is 14.3. The van der Waals surface area contributed by atoms with Crippen molar-refractivity contribution in [2.75, 3.05) is 26.5 Å². The molecule has 1 aromatic rings. The van der Waals surface area contributed by atoms with Gasteiger partial charge in [0.2, 0.25) is 5.91 Å². The molecule has 108 valence electrons. The molecular formula is C15H20N2O3. The molecule has 0 spiro atoms. The molecule has 20 heavy (non-hydrogen) atoms. The van der Waals surface area contributed by atoms with Crippen LogP contribution in [-0.4, -0.2) is 37.9 Å². The Morgan fingerprint density at radius 2 is 2.00 bits per heavy atom. The van der Waals surface area contributed by atoms with Gasteiger partial charge in [-0.3, -0.25) is 9.59 Å². The highest BCUT2D eigenvalue weighted by atomic mass is 16.5. The third-order valence-electron chi connectivity index (χ3n) is 3.58. The summed E-state index contributed by atoms with van der Waals surface area (Å²) in [5.74, 6) is 0.502. The smallest absolute Gasteiger partial charge is 0.257 e. The zero-order chi connectivity index (χ0) is 14.7. The lowest BCUT2D eigenvalue weighted by molar-refractivity contribution is -0.122. The second kappa shape index (κ2) is 5.94. The number of hydrogen-bond donors (Lipinski definition) is 1. The molecule has 1 N–H and O–H groups in total. The Morgan fingerprint density at radius 3 is 2.50 bits per heavy atom. The fourth-order valence-corrected chi connectivity index (χ4v) is 2.11. The number of nitrogens with zero attached hydrogens (tertiary/aromatic N) is 1. The van der Waals surface area contributed by atoms with Gasteiger partial charge in [0.05, 0.1) is 12.7 Å². The van der Waals surface area contributed by atoms with E-state index >= 15 is 0 Å². The maximum Gasteiger partial charge on any atom is 0.257 e. The van der Waals surface area contributed by atoms with Crippen LogP contribution in [0.1, 0.15) is 29.6 Å². The fraction of sp³-hybridized carbons (Fsp3) is 0.467. The zero-order valence-electron chi connectivity index (χ0n) is 12.1. The Hall–Kier alpha value is -2.04. The second-order valence-corrected chi connectivity index (χ2v) is 5.23. The Labute approximate surface area is 118 Å². The largest absolute Gasteiger partial charge is 0.496 e. The highest BCUT2D eigenvalue weighted by Gasteiger charge is 2.25. The van der Waals surface area contributed by atoms with E-state index in [-0.39, 0.29) is 17.7 Å². The average Bonchev–Trinajstić information content (AvgIpc) is 2.35. The van der Waals surface area contributed by atoms with Gasteiger partial charge in [-0.1, -0.05) is 6.42 Å². The van der Waals surface area contributed by atoms with Gasteiger partial charge in [-0.2, -0.15) is 0 Å². The Kier molecular flexibility index (Phi) is 4.27. The summed E-state index contributed by atoms with van der Waals surface area (Å²) in [6, 6.07) is 5.12. The quantitative estimate of drug-likeness (QED) is 0.916. The van der Waals surface area contributed by atoms with Gasteiger partial charge in [-0.25, -0.2) is 0 Å². The molecule has 0 aliphatic heterocycles. The van der Waals surface area contributed by atoms with Crippen molar-refractivity contribution in [3.8, 4) is 5.75 Å². The summed E-state index contributed by atoms with van der Waals surface area (Å²) in [5, 5.41) is 2.86. The van der Waals surface area contributed by atoms with Crippen LogP contribution in [0.3, 0.4) is 0 Å². The van der Waals surface area contributed by atoms with Gasteiger partial charge in [0.25, 0.3) is 5.91 Å². The molecule has 1 aliphatic rings. The molecule has 5 nitrogen and oxygen atoms in total. The number of benzene rings is 1. The van der Waals surface area contributed by atoms with Crippen LogP contribution < -0.4 is 10.1 Å². The van der Waals surface area contributed by atoms with E-state index in [1.165, 1.54) is 12.0 Å². The van der Waals surface area contributed by atoms with Crippen molar-refractivity contribution in [3.63, 3.8) is 0 Å². The number of carbonyl (C=O) groups is 2. The molecule has 1 aliphatic carbocycles. The molecule has 0 atom stereocenters. The van der Waals surface area contributed by atoms with E-state index in [1.807, 2.05) is 0 Å². The van der Waals surface area contributed by atoms with Gasteiger partial charge >= 0.3 is 0 Å². The molecule has 1 aromatic carbocycles. The van der Waals surface area contributed by atoms with Crippen LogP contribution in [0.4, 0.5) is 5.69 Å². The number of amides is 2. The lowest BCUT2D eigenvalue weighted by Gasteiger charge is -2.24. The van der Waals surface area contributed by atoms with Crippen molar-refractivity contribution in [2.24, 2.45) is 5.92 Å². The van der Waals surface area contributed by atoms with Crippen molar-refractivity contribution in [1.29, 1.82) is 0 Å². The van der Waals surface area contributed by atoms with E-state index in [4.69, 9.17) is 4.74 Å². The molecule has 0 saturated heterocycles. The monoisotopic (exact) mass is 276 g/mol. The van der Waals surface area contributed by atoms with Crippen LogP contribution in [0, 0.1) is 5.92 Å². The first kappa shape index (κ1) is 14.4. The average molecular weight is 276 g/mol. The predicted molar refractivity (Wildman–Crippen MR) is 77.0 cm³/mol. The van der Waals surface area contributed by atoms with Crippen molar-refractivity contribution < 1.29 is 14.3 Å². The van der Waals surface area contributed by atoms with Crippen molar-refractivity contribution in [1.82, 2.24) is 4.90 Å². The first-order chi connectivity index (χ1) is 9.52. The first-order valence-electron chi connectivity index (χ1n) is 6.73. The second-order valence-electron chi connectivity index (χ2n) is 5.23. The fourth-order valence-electron chi connectivity index (χ4n) is 2.11. The van der Waals surface area contributed by atoms with Crippen LogP contribution in [0.15, 0.2) is 18.2 Å².